The van der Waals surface area contributed by atoms with Crippen LogP contribution >= 0.6 is 62.3 Å². The summed E-state index contributed by atoms with van der Waals surface area (Å²) in [6.07, 6.45) is 9.61. The Hall–Kier alpha value is -5.63. The number of anilines is 4. The molecule has 2 unspecified atom stereocenters. The minimum absolute atomic E-state index is 0. The van der Waals surface area contributed by atoms with Crippen molar-refractivity contribution in [2.45, 2.75) is 30.5 Å². The Morgan fingerprint density at radius 2 is 1.34 bits per heavy atom. The van der Waals surface area contributed by atoms with Crippen molar-refractivity contribution in [2.24, 2.45) is 0 Å². The number of aromatic nitrogens is 4. The molecule has 13 rings (SSSR count). The number of nitrogens with one attached hydrogen (secondary N) is 3. The third kappa shape index (κ3) is 8.31. The van der Waals surface area contributed by atoms with Gasteiger partial charge in [-0.3, -0.25) is 4.90 Å². The number of benzene rings is 3. The van der Waals surface area contributed by atoms with E-state index in [1.54, 1.807) is 45.3 Å². The average Bonchev–Trinajstić information content (AvgIpc) is 4.20. The molecule has 338 valence electrons. The minimum atomic E-state index is -0.530. The number of hydrogen-bond acceptors (Lipinski definition) is 15. The molecule has 0 saturated carbocycles. The Labute approximate surface area is 412 Å². The van der Waals surface area contributed by atoms with Gasteiger partial charge in [0.1, 0.15) is 16.3 Å². The smallest absolute Gasteiger partial charge is 0.411 e. The van der Waals surface area contributed by atoms with Gasteiger partial charge in [0.05, 0.1) is 67.1 Å². The Balaban J connectivity index is 0.000000152. The van der Waals surface area contributed by atoms with E-state index in [0.29, 0.717) is 19.8 Å². The molecule has 0 bridgehead atoms. The Morgan fingerprint density at radius 3 is 1.96 bits per heavy atom. The van der Waals surface area contributed by atoms with E-state index in [9.17, 15) is 4.79 Å². The normalized spacial score (nSPS) is 19.9. The van der Waals surface area contributed by atoms with Gasteiger partial charge in [-0.15, -0.1) is 62.3 Å². The lowest BCUT2D eigenvalue weighted by molar-refractivity contribution is 0.0680. The first kappa shape index (κ1) is 43.9. The van der Waals surface area contributed by atoms with E-state index < -0.39 is 5.54 Å². The zero-order chi connectivity index (χ0) is 44.1. The van der Waals surface area contributed by atoms with Gasteiger partial charge in [-0.1, -0.05) is 42.5 Å². The number of hydrogen-bond donors (Lipinski definition) is 3. The molecule has 0 radical (unpaired) electrons. The van der Waals surface area contributed by atoms with Crippen molar-refractivity contribution in [3.05, 3.63) is 142 Å². The summed E-state index contributed by atoms with van der Waals surface area (Å²) < 4.78 is 19.7. The number of halogens is 1. The Kier molecular flexibility index (Phi) is 12.1. The van der Waals surface area contributed by atoms with Crippen LogP contribution < -0.4 is 16.0 Å². The van der Waals surface area contributed by atoms with Crippen molar-refractivity contribution in [3.63, 3.8) is 0 Å². The summed E-state index contributed by atoms with van der Waals surface area (Å²) in [5.74, 6) is 0. The molecule has 12 nitrogen and oxygen atoms in total. The molecule has 17 heteroatoms. The lowest BCUT2D eigenvalue weighted by Crippen LogP contribution is -2.49. The number of pyridine rings is 2. The third-order valence-corrected chi connectivity index (χ3v) is 16.6. The predicted octanol–water partition coefficient (Wildman–Crippen LogP) is 12.2. The standard InChI is InChI=1S/C29H24N4O3S2.C21H18N4OS2.BrH/c34-28(36-16-19-4-2-1-3-5-19)33-12-9-22(29(33)10-13-35-17-29)26-15-21-23(8-11-30-27(21)38-26)32-20-6-7-25-24(14-20)31-18-37-25;1-2-18-17(23-12-27-18)9-13(1)25-16-4-6-22-20-14(16)10-19(28-20)15-3-7-24-21(15)5-8-26-11-21;/h1-9,11,14-15,18H,10,12-13,16-17H2,(H,30,32);1-4,6,9-10,12,24H,5,7-8,11H2,(H,22,25);1H. The molecule has 0 aliphatic carbocycles. The first-order valence-corrected chi connectivity index (χ1v) is 25.2. The maximum Gasteiger partial charge on any atom is 0.411 e. The van der Waals surface area contributed by atoms with E-state index in [1.807, 2.05) is 70.8 Å². The molecular weight excluding hydrogens is 985 g/mol. The zero-order valence-electron chi connectivity index (χ0n) is 35.9. The second-order valence-electron chi connectivity index (χ2n) is 16.7. The van der Waals surface area contributed by atoms with E-state index in [1.165, 1.54) is 15.2 Å². The summed E-state index contributed by atoms with van der Waals surface area (Å²) in [6, 6.07) is 30.8. The molecule has 2 fully saturated rings. The number of rotatable bonds is 8. The summed E-state index contributed by atoms with van der Waals surface area (Å²) in [7, 11) is 0. The first-order chi connectivity index (χ1) is 32.5. The van der Waals surface area contributed by atoms with Gasteiger partial charge in [-0.05, 0) is 83.8 Å². The number of nitrogens with zero attached hydrogens (tertiary/aromatic N) is 5. The Bertz CT molecular complexity index is 3340. The average molecular weight is 1030 g/mol. The summed E-state index contributed by atoms with van der Waals surface area (Å²) in [4.78, 5) is 37.6. The monoisotopic (exact) mass is 1030 g/mol. The maximum absolute atomic E-state index is 13.3. The van der Waals surface area contributed by atoms with Crippen LogP contribution in [0, 0.1) is 0 Å². The molecule has 9 aromatic rings. The fraction of sp³-hybridized carbons (Fsp3) is 0.220. The summed E-state index contributed by atoms with van der Waals surface area (Å²) in [5.41, 5.74) is 12.7. The molecule has 2 saturated heterocycles. The van der Waals surface area contributed by atoms with Crippen LogP contribution in [0.15, 0.2) is 127 Å². The molecule has 10 heterocycles. The fourth-order valence-corrected chi connectivity index (χ4v) is 13.1. The van der Waals surface area contributed by atoms with Gasteiger partial charge in [0.25, 0.3) is 0 Å². The quantitative estimate of drug-likeness (QED) is 0.134. The molecule has 4 aliphatic heterocycles. The second-order valence-corrected chi connectivity index (χ2v) is 20.5. The highest BCUT2D eigenvalue weighted by Gasteiger charge is 2.50. The van der Waals surface area contributed by atoms with Crippen molar-refractivity contribution in [2.75, 3.05) is 50.2 Å². The van der Waals surface area contributed by atoms with Gasteiger partial charge in [-0.25, -0.2) is 24.7 Å². The third-order valence-electron chi connectivity index (χ3n) is 12.8. The molecule has 6 aromatic heterocycles. The molecule has 2 atom stereocenters. The van der Waals surface area contributed by atoms with Crippen molar-refractivity contribution in [1.29, 1.82) is 0 Å². The van der Waals surface area contributed by atoms with Crippen LogP contribution in [0.25, 0.3) is 52.0 Å². The number of carbonyl (C=O) groups excluding carboxylic acids is 1. The van der Waals surface area contributed by atoms with Crippen LogP contribution in [0.4, 0.5) is 27.5 Å². The highest BCUT2D eigenvalue weighted by atomic mass is 79.9. The number of thiazole rings is 2. The Morgan fingerprint density at radius 1 is 0.716 bits per heavy atom. The van der Waals surface area contributed by atoms with Crippen LogP contribution in [0.3, 0.4) is 0 Å². The summed E-state index contributed by atoms with van der Waals surface area (Å²) in [6.45, 7) is 4.27. The lowest BCUT2D eigenvalue weighted by atomic mass is 9.88. The number of ether oxygens (including phenoxy) is 3. The number of carbonyl (C=O) groups is 1. The topological polar surface area (TPSA) is 136 Å². The van der Waals surface area contributed by atoms with Crippen LogP contribution in [-0.4, -0.2) is 81.5 Å². The van der Waals surface area contributed by atoms with Gasteiger partial charge in [-0.2, -0.15) is 0 Å². The highest BCUT2D eigenvalue weighted by Crippen LogP contribution is 2.48. The predicted molar refractivity (Wildman–Crippen MR) is 279 cm³/mol. The zero-order valence-corrected chi connectivity index (χ0v) is 40.9. The molecule has 2 spiro atoms. The van der Waals surface area contributed by atoms with Crippen molar-refractivity contribution in [1.82, 2.24) is 30.2 Å². The molecule has 4 aliphatic rings. The summed E-state index contributed by atoms with van der Waals surface area (Å²) in [5, 5.41) is 13.0. The second kappa shape index (κ2) is 18.5. The molecule has 3 aromatic carbocycles. The minimum Gasteiger partial charge on any atom is -0.445 e. The number of thiophene rings is 2. The lowest BCUT2D eigenvalue weighted by Gasteiger charge is -2.35. The van der Waals surface area contributed by atoms with E-state index >= 15 is 0 Å². The van der Waals surface area contributed by atoms with E-state index in [4.69, 9.17) is 14.2 Å². The van der Waals surface area contributed by atoms with Crippen molar-refractivity contribution < 1.29 is 19.0 Å². The summed E-state index contributed by atoms with van der Waals surface area (Å²) >= 11 is 6.70. The van der Waals surface area contributed by atoms with Crippen LogP contribution in [0.2, 0.25) is 0 Å². The van der Waals surface area contributed by atoms with Gasteiger partial charge >= 0.3 is 6.09 Å². The van der Waals surface area contributed by atoms with Crippen molar-refractivity contribution >= 4 is 143 Å². The molecule has 67 heavy (non-hydrogen) atoms. The van der Waals surface area contributed by atoms with Crippen LogP contribution in [-0.2, 0) is 20.8 Å². The first-order valence-electron chi connectivity index (χ1n) is 21.8. The van der Waals surface area contributed by atoms with Crippen molar-refractivity contribution in [3.8, 4) is 0 Å². The molecular formula is C50H43BrN8O4S4. The number of fused-ring (bicyclic) bond motifs is 4. The van der Waals surface area contributed by atoms with Gasteiger partial charge < -0.3 is 30.2 Å². The van der Waals surface area contributed by atoms with Gasteiger partial charge in [0.15, 0.2) is 0 Å². The maximum atomic E-state index is 13.3. The van der Waals surface area contributed by atoms with Crippen LogP contribution in [0.1, 0.15) is 28.2 Å². The largest absolute Gasteiger partial charge is 0.445 e. The fourth-order valence-electron chi connectivity index (χ4n) is 9.49. The highest BCUT2D eigenvalue weighted by molar-refractivity contribution is 8.93. The van der Waals surface area contributed by atoms with E-state index in [-0.39, 0.29) is 35.2 Å². The molecule has 3 N–H and O–H groups in total. The van der Waals surface area contributed by atoms with E-state index in [0.717, 1.165) is 108 Å². The number of amides is 1. The van der Waals surface area contributed by atoms with E-state index in [2.05, 4.69) is 96.6 Å². The van der Waals surface area contributed by atoms with Gasteiger partial charge in [0.2, 0.25) is 0 Å². The molecule has 1 amide bonds. The van der Waals surface area contributed by atoms with Crippen LogP contribution in [0.5, 0.6) is 0 Å². The van der Waals surface area contributed by atoms with Gasteiger partial charge in [0, 0.05) is 77.0 Å². The SMILES string of the molecule is Br.C1=C(c2cc3c(Nc4ccc5scnc5c4)ccnc3s2)C2(CCOC2)NC1.O=C(OCc1ccccc1)N1CC=C(c2cc3c(Nc4ccc5scnc5c4)ccnc3s2)C12CCOC2.